The highest BCUT2D eigenvalue weighted by atomic mass is 32.2. The van der Waals surface area contributed by atoms with Crippen molar-refractivity contribution < 1.29 is 13.2 Å². The molecule has 1 aliphatic heterocycles. The van der Waals surface area contributed by atoms with Gasteiger partial charge in [-0.1, -0.05) is 12.1 Å². The molecule has 0 unspecified atom stereocenters. The Morgan fingerprint density at radius 3 is 2.53 bits per heavy atom. The van der Waals surface area contributed by atoms with Crippen molar-refractivity contribution in [1.82, 2.24) is 14.3 Å². The van der Waals surface area contributed by atoms with Crippen LogP contribution in [0.5, 0.6) is 0 Å². The molecule has 1 saturated heterocycles. The average Bonchev–Trinajstić information content (AvgIpc) is 3.22. The maximum atomic E-state index is 12.5. The summed E-state index contributed by atoms with van der Waals surface area (Å²) in [5.41, 5.74) is 3.04. The van der Waals surface area contributed by atoms with E-state index in [1.54, 1.807) is 12.1 Å². The Bertz CT molecular complexity index is 1190. The molecule has 3 heterocycles. The van der Waals surface area contributed by atoms with Gasteiger partial charge in [-0.3, -0.25) is 9.52 Å². The summed E-state index contributed by atoms with van der Waals surface area (Å²) in [6.07, 6.45) is 5.46. The quantitative estimate of drug-likeness (QED) is 0.563. The highest BCUT2D eigenvalue weighted by molar-refractivity contribution is 7.90. The zero-order chi connectivity index (χ0) is 20.7. The molecule has 2 aromatic heterocycles. The first-order valence-electron chi connectivity index (χ1n) is 10.2. The summed E-state index contributed by atoms with van der Waals surface area (Å²) in [5, 5.41) is 3.84. The number of nitrogens with zero attached hydrogens (tertiary/aromatic N) is 2. The van der Waals surface area contributed by atoms with Gasteiger partial charge in [0.25, 0.3) is 0 Å². The van der Waals surface area contributed by atoms with Crippen molar-refractivity contribution in [3.8, 4) is 11.1 Å². The summed E-state index contributed by atoms with van der Waals surface area (Å²) < 4.78 is 29.1. The molecule has 2 aliphatic rings. The molecule has 1 aliphatic carbocycles. The van der Waals surface area contributed by atoms with E-state index in [0.29, 0.717) is 30.2 Å². The third kappa shape index (κ3) is 3.78. The first kappa shape index (κ1) is 19.1. The number of nitrogens with one attached hydrogen (secondary N) is 3. The van der Waals surface area contributed by atoms with Crippen molar-refractivity contribution in [2.45, 2.75) is 25.7 Å². The Morgan fingerprint density at radius 2 is 1.83 bits per heavy atom. The van der Waals surface area contributed by atoms with E-state index in [2.05, 4.69) is 20.0 Å². The number of carbonyl (C=O) groups is 1. The van der Waals surface area contributed by atoms with Crippen LogP contribution in [0.4, 0.5) is 11.5 Å². The molecular weight excluding hydrogens is 402 g/mol. The van der Waals surface area contributed by atoms with Crippen LogP contribution in [0.15, 0.2) is 42.6 Å². The van der Waals surface area contributed by atoms with E-state index in [1.807, 2.05) is 30.5 Å². The van der Waals surface area contributed by atoms with Crippen LogP contribution >= 0.6 is 0 Å². The van der Waals surface area contributed by atoms with E-state index >= 15 is 0 Å². The number of H-pyrrole nitrogens is 1. The molecule has 0 radical (unpaired) electrons. The number of aromatic amines is 1. The molecule has 5 rings (SSSR count). The maximum absolute atomic E-state index is 12.5. The van der Waals surface area contributed by atoms with E-state index in [0.717, 1.165) is 42.2 Å². The van der Waals surface area contributed by atoms with Gasteiger partial charge in [0.15, 0.2) is 0 Å². The number of rotatable bonds is 6. The number of anilines is 2. The molecular formula is C21H23N5O3S. The first-order valence-corrected chi connectivity index (χ1v) is 11.6. The van der Waals surface area contributed by atoms with E-state index in [1.165, 1.54) is 4.31 Å². The Hall–Kier alpha value is -2.91. The molecule has 2 fully saturated rings. The number of amides is 1. The summed E-state index contributed by atoms with van der Waals surface area (Å²) in [7, 11) is -3.52. The van der Waals surface area contributed by atoms with E-state index < -0.39 is 10.2 Å². The van der Waals surface area contributed by atoms with Gasteiger partial charge in [0.1, 0.15) is 11.5 Å². The van der Waals surface area contributed by atoms with Crippen LogP contribution in [-0.2, 0) is 15.0 Å². The molecule has 0 atom stereocenters. The van der Waals surface area contributed by atoms with Crippen LogP contribution < -0.4 is 10.0 Å². The number of aromatic nitrogens is 2. The summed E-state index contributed by atoms with van der Waals surface area (Å²) >= 11 is 0. The standard InChI is InChI=1S/C21H23N5O3S/c27-21(15-3-4-15)24-19-13-18(17-9-10-22-20(17)23-19)14-5-7-16(8-6-14)25-30(28,29)26-11-1-2-12-26/h5-10,13,15,25H,1-4,11-12H2,(H2,22,23,24,27). The predicted molar refractivity (Wildman–Crippen MR) is 116 cm³/mol. The van der Waals surface area contributed by atoms with Gasteiger partial charge in [-0.15, -0.1) is 0 Å². The SMILES string of the molecule is O=C(Nc1cc(-c2ccc(NS(=O)(=O)N3CCCC3)cc2)c2cc[nH]c2n1)C1CC1. The van der Waals surface area contributed by atoms with Crippen LogP contribution in [0, 0.1) is 5.92 Å². The van der Waals surface area contributed by atoms with Crippen molar-refractivity contribution in [2.24, 2.45) is 5.92 Å². The lowest BCUT2D eigenvalue weighted by molar-refractivity contribution is -0.117. The lowest BCUT2D eigenvalue weighted by Gasteiger charge is -2.17. The van der Waals surface area contributed by atoms with Crippen molar-refractivity contribution in [3.63, 3.8) is 0 Å². The highest BCUT2D eigenvalue weighted by Gasteiger charge is 2.30. The number of fused-ring (bicyclic) bond motifs is 1. The lowest BCUT2D eigenvalue weighted by atomic mass is 10.0. The summed E-state index contributed by atoms with van der Waals surface area (Å²) in [4.78, 5) is 19.8. The number of hydrogen-bond acceptors (Lipinski definition) is 4. The van der Waals surface area contributed by atoms with Gasteiger partial charge in [0, 0.05) is 36.3 Å². The fraction of sp³-hybridized carbons (Fsp3) is 0.333. The maximum Gasteiger partial charge on any atom is 0.301 e. The fourth-order valence-corrected chi connectivity index (χ4v) is 5.08. The molecule has 3 aromatic rings. The summed E-state index contributed by atoms with van der Waals surface area (Å²) in [5.74, 6) is 0.610. The van der Waals surface area contributed by atoms with Gasteiger partial charge >= 0.3 is 10.2 Å². The number of pyridine rings is 1. The monoisotopic (exact) mass is 425 g/mol. The number of carbonyl (C=O) groups excluding carboxylic acids is 1. The lowest BCUT2D eigenvalue weighted by Crippen LogP contribution is -2.33. The zero-order valence-corrected chi connectivity index (χ0v) is 17.2. The minimum absolute atomic E-state index is 0.00558. The van der Waals surface area contributed by atoms with Crippen molar-refractivity contribution in [1.29, 1.82) is 0 Å². The van der Waals surface area contributed by atoms with Crippen LogP contribution in [-0.4, -0.2) is 41.7 Å². The Kier molecular flexibility index (Phi) is 4.71. The Morgan fingerprint density at radius 1 is 1.10 bits per heavy atom. The normalized spacial score (nSPS) is 17.3. The third-order valence-electron chi connectivity index (χ3n) is 5.58. The van der Waals surface area contributed by atoms with Gasteiger partial charge in [-0.25, -0.2) is 4.98 Å². The molecule has 3 N–H and O–H groups in total. The third-order valence-corrected chi connectivity index (χ3v) is 7.11. The largest absolute Gasteiger partial charge is 0.346 e. The summed E-state index contributed by atoms with van der Waals surface area (Å²) in [6, 6.07) is 11.1. The van der Waals surface area contributed by atoms with Crippen LogP contribution in [0.3, 0.4) is 0 Å². The minimum Gasteiger partial charge on any atom is -0.346 e. The molecule has 1 saturated carbocycles. The molecule has 1 aromatic carbocycles. The van der Waals surface area contributed by atoms with Crippen molar-refractivity contribution in [3.05, 3.63) is 42.6 Å². The topological polar surface area (TPSA) is 107 Å². The van der Waals surface area contributed by atoms with Crippen LogP contribution in [0.2, 0.25) is 0 Å². The van der Waals surface area contributed by atoms with E-state index in [4.69, 9.17) is 0 Å². The Labute approximate surface area is 174 Å². The average molecular weight is 426 g/mol. The molecule has 30 heavy (non-hydrogen) atoms. The van der Waals surface area contributed by atoms with Crippen molar-refractivity contribution >= 4 is 38.7 Å². The van der Waals surface area contributed by atoms with Gasteiger partial charge in [-0.2, -0.15) is 12.7 Å². The van der Waals surface area contributed by atoms with Crippen LogP contribution in [0.25, 0.3) is 22.2 Å². The minimum atomic E-state index is -3.52. The smallest absolute Gasteiger partial charge is 0.301 e. The molecule has 156 valence electrons. The number of benzene rings is 1. The Balaban J connectivity index is 1.42. The van der Waals surface area contributed by atoms with Gasteiger partial charge in [0.05, 0.1) is 0 Å². The van der Waals surface area contributed by atoms with Gasteiger partial charge < -0.3 is 10.3 Å². The predicted octanol–water partition coefficient (Wildman–Crippen LogP) is 3.33. The molecule has 9 heteroatoms. The van der Waals surface area contributed by atoms with Gasteiger partial charge in [0.2, 0.25) is 5.91 Å². The number of hydrogen-bond donors (Lipinski definition) is 3. The fourth-order valence-electron chi connectivity index (χ4n) is 3.77. The van der Waals surface area contributed by atoms with Crippen molar-refractivity contribution in [2.75, 3.05) is 23.1 Å². The second kappa shape index (κ2) is 7.41. The van der Waals surface area contributed by atoms with Gasteiger partial charge in [-0.05, 0) is 61.1 Å². The van der Waals surface area contributed by atoms with Crippen LogP contribution in [0.1, 0.15) is 25.7 Å². The summed E-state index contributed by atoms with van der Waals surface area (Å²) in [6.45, 7) is 1.12. The second-order valence-corrected chi connectivity index (χ2v) is 9.52. The van der Waals surface area contributed by atoms with E-state index in [9.17, 15) is 13.2 Å². The molecule has 0 spiro atoms. The van der Waals surface area contributed by atoms with E-state index in [-0.39, 0.29) is 11.8 Å². The highest BCUT2D eigenvalue weighted by Crippen LogP contribution is 2.33. The molecule has 8 nitrogen and oxygen atoms in total. The first-order chi connectivity index (χ1) is 14.5. The molecule has 1 amide bonds. The second-order valence-electron chi connectivity index (χ2n) is 7.85. The molecule has 0 bridgehead atoms. The zero-order valence-electron chi connectivity index (χ0n) is 16.4.